The van der Waals surface area contributed by atoms with Crippen molar-refractivity contribution in [1.29, 1.82) is 0 Å². The number of anilines is 2. The lowest BCUT2D eigenvalue weighted by molar-refractivity contribution is -0.151. The molecule has 6 atom stereocenters. The number of benzene rings is 3. The standard InChI is InChI=1S/C39H47FN4O6Si/c1-24-36(51(3,4)40)34(20-35(46)43-22-27-9-6-5-8-26(27)18-29(43)23-45)50-39(24)31-19-30(49-2)15-16-33(31)44(38(39)48)21-25-11-13-28(14-12-25)42-37(47)32-10-7-17-41-32/h5-6,8-9,11-16,19,24,29,32,34,36,41,45H,7,10,17-18,20-23H2,1-4H3,(H,42,47)/t24-,29-,32+,34+,36-,39+/m0/s1. The van der Waals surface area contributed by atoms with Crippen LogP contribution in [0.1, 0.15) is 48.4 Å². The first-order valence-electron chi connectivity index (χ1n) is 17.9. The summed E-state index contributed by atoms with van der Waals surface area (Å²) in [5, 5.41) is 16.4. The van der Waals surface area contributed by atoms with Crippen LogP contribution in [-0.4, -0.2) is 74.6 Å². The Kier molecular flexibility index (Phi) is 9.55. The van der Waals surface area contributed by atoms with Gasteiger partial charge in [-0.25, -0.2) is 0 Å². The lowest BCUT2D eigenvalue weighted by Gasteiger charge is -2.37. The number of ether oxygens (including phenoxy) is 2. The highest BCUT2D eigenvalue weighted by Gasteiger charge is 2.67. The molecule has 4 aliphatic heterocycles. The molecule has 51 heavy (non-hydrogen) atoms. The molecule has 3 aromatic carbocycles. The fourth-order valence-electron chi connectivity index (χ4n) is 8.86. The van der Waals surface area contributed by atoms with Crippen molar-refractivity contribution in [3.63, 3.8) is 0 Å². The molecule has 4 aliphatic rings. The first kappa shape index (κ1) is 35.3. The zero-order valence-electron chi connectivity index (χ0n) is 29.7. The third-order valence-corrected chi connectivity index (χ3v) is 13.8. The average Bonchev–Trinajstić information content (AvgIpc) is 3.82. The van der Waals surface area contributed by atoms with Crippen LogP contribution in [0.25, 0.3) is 0 Å². The fraction of sp³-hybridized carbons (Fsp3) is 0.462. The van der Waals surface area contributed by atoms with Crippen molar-refractivity contribution >= 4 is 37.5 Å². The second-order valence-electron chi connectivity index (χ2n) is 14.9. The number of carbonyl (C=O) groups is 3. The summed E-state index contributed by atoms with van der Waals surface area (Å²) in [6, 6.07) is 20.2. The fourth-order valence-corrected chi connectivity index (χ4v) is 11.3. The Morgan fingerprint density at radius 1 is 1.12 bits per heavy atom. The molecule has 0 unspecified atom stereocenters. The van der Waals surface area contributed by atoms with Gasteiger partial charge in [-0.2, -0.15) is 0 Å². The molecule has 2 fully saturated rings. The largest absolute Gasteiger partial charge is 0.497 e. The van der Waals surface area contributed by atoms with E-state index in [0.717, 1.165) is 36.1 Å². The summed E-state index contributed by atoms with van der Waals surface area (Å²) in [6.45, 7) is 6.33. The van der Waals surface area contributed by atoms with E-state index in [0.29, 0.717) is 35.7 Å². The predicted molar refractivity (Wildman–Crippen MR) is 195 cm³/mol. The van der Waals surface area contributed by atoms with E-state index < -0.39 is 37.6 Å². The molecule has 1 spiro atoms. The number of halogens is 1. The van der Waals surface area contributed by atoms with Crippen molar-refractivity contribution in [1.82, 2.24) is 10.2 Å². The molecule has 3 amide bonds. The lowest BCUT2D eigenvalue weighted by Crippen LogP contribution is -2.48. The second kappa shape index (κ2) is 13.8. The van der Waals surface area contributed by atoms with Crippen LogP contribution in [0.5, 0.6) is 5.75 Å². The van der Waals surface area contributed by atoms with Gasteiger partial charge < -0.3 is 39.1 Å². The van der Waals surface area contributed by atoms with Gasteiger partial charge in [0.05, 0.1) is 50.6 Å². The topological polar surface area (TPSA) is 120 Å². The van der Waals surface area contributed by atoms with Crippen LogP contribution < -0.4 is 20.3 Å². The van der Waals surface area contributed by atoms with Crippen LogP contribution in [-0.2, 0) is 44.2 Å². The highest BCUT2D eigenvalue weighted by Crippen LogP contribution is 2.60. The molecule has 12 heteroatoms. The highest BCUT2D eigenvalue weighted by atomic mass is 28.4. The van der Waals surface area contributed by atoms with Gasteiger partial charge in [0, 0.05) is 29.3 Å². The molecule has 10 nitrogen and oxygen atoms in total. The average molecular weight is 715 g/mol. The minimum atomic E-state index is -3.53. The number of aliphatic hydroxyl groups excluding tert-OH is 1. The van der Waals surface area contributed by atoms with E-state index in [1.165, 1.54) is 0 Å². The molecule has 4 heterocycles. The van der Waals surface area contributed by atoms with Gasteiger partial charge in [-0.15, -0.1) is 0 Å². The van der Waals surface area contributed by atoms with Crippen molar-refractivity contribution in [3.8, 4) is 5.75 Å². The van der Waals surface area contributed by atoms with Gasteiger partial charge in [-0.1, -0.05) is 43.3 Å². The number of carbonyl (C=O) groups excluding carboxylic acids is 3. The van der Waals surface area contributed by atoms with Gasteiger partial charge in [-0.3, -0.25) is 14.4 Å². The van der Waals surface area contributed by atoms with Crippen LogP contribution in [0.2, 0.25) is 18.6 Å². The summed E-state index contributed by atoms with van der Waals surface area (Å²) in [6.07, 6.45) is 1.35. The van der Waals surface area contributed by atoms with E-state index in [-0.39, 0.29) is 43.3 Å². The zero-order valence-corrected chi connectivity index (χ0v) is 30.7. The highest BCUT2D eigenvalue weighted by molar-refractivity contribution is 6.72. The first-order valence-corrected chi connectivity index (χ1v) is 20.9. The van der Waals surface area contributed by atoms with E-state index in [2.05, 4.69) is 10.6 Å². The van der Waals surface area contributed by atoms with Crippen LogP contribution in [0.15, 0.2) is 66.7 Å². The number of hydrogen-bond donors (Lipinski definition) is 3. The summed E-state index contributed by atoms with van der Waals surface area (Å²) in [7, 11) is -1.97. The SMILES string of the molecule is COc1ccc2c(c1)[C@@]1(O[C@H](CC(=O)N3Cc4ccccc4C[C@H]3CO)[C@@H]([Si](C)(C)F)[C@@H]1C)C(=O)N2Cc1ccc(NC(=O)[C@H]2CCCN2)cc1. The summed E-state index contributed by atoms with van der Waals surface area (Å²) in [5.41, 5.74) is 2.70. The first-order chi connectivity index (χ1) is 24.4. The van der Waals surface area contributed by atoms with E-state index >= 15 is 4.11 Å². The van der Waals surface area contributed by atoms with Crippen LogP contribution in [0.3, 0.4) is 0 Å². The minimum Gasteiger partial charge on any atom is -0.497 e. The van der Waals surface area contributed by atoms with Gasteiger partial charge in [0.25, 0.3) is 5.91 Å². The molecular weight excluding hydrogens is 668 g/mol. The van der Waals surface area contributed by atoms with Crippen LogP contribution in [0.4, 0.5) is 15.5 Å². The maximum Gasteiger partial charge on any atom is 0.264 e. The molecule has 0 aromatic heterocycles. The summed E-state index contributed by atoms with van der Waals surface area (Å²) in [5.74, 6) is -0.638. The molecule has 0 aliphatic carbocycles. The Morgan fingerprint density at radius 2 is 1.86 bits per heavy atom. The maximum atomic E-state index is 16.5. The third-order valence-electron chi connectivity index (χ3n) is 11.4. The number of rotatable bonds is 9. The normalized spacial score (nSPS) is 27.1. The Hall–Kier alpha value is -4.10. The van der Waals surface area contributed by atoms with Gasteiger partial charge in [-0.05, 0) is 85.9 Å². The van der Waals surface area contributed by atoms with E-state index in [1.807, 2.05) is 61.5 Å². The molecule has 2 saturated heterocycles. The Bertz CT molecular complexity index is 1810. The summed E-state index contributed by atoms with van der Waals surface area (Å²) in [4.78, 5) is 45.0. The molecule has 0 bridgehead atoms. The van der Waals surface area contributed by atoms with Crippen LogP contribution >= 0.6 is 0 Å². The van der Waals surface area contributed by atoms with Crippen molar-refractivity contribution in [2.45, 2.75) is 88.1 Å². The molecule has 270 valence electrons. The number of methoxy groups -OCH3 is 1. The maximum absolute atomic E-state index is 16.5. The van der Waals surface area contributed by atoms with Crippen molar-refractivity contribution in [2.24, 2.45) is 5.92 Å². The number of nitrogens with one attached hydrogen (secondary N) is 2. The Balaban J connectivity index is 1.17. The van der Waals surface area contributed by atoms with Crippen LogP contribution in [0, 0.1) is 5.92 Å². The lowest BCUT2D eigenvalue weighted by atomic mass is 9.82. The van der Waals surface area contributed by atoms with Crippen molar-refractivity contribution in [3.05, 3.63) is 89.0 Å². The van der Waals surface area contributed by atoms with E-state index in [9.17, 15) is 19.5 Å². The van der Waals surface area contributed by atoms with Crippen molar-refractivity contribution < 1.29 is 33.1 Å². The van der Waals surface area contributed by atoms with E-state index in [4.69, 9.17) is 9.47 Å². The number of aliphatic hydroxyl groups is 1. The molecule has 7 rings (SSSR count). The third kappa shape index (κ3) is 6.36. The second-order valence-corrected chi connectivity index (χ2v) is 18.7. The number of hydrogen-bond acceptors (Lipinski definition) is 7. The molecule has 3 N–H and O–H groups in total. The smallest absolute Gasteiger partial charge is 0.264 e. The monoisotopic (exact) mass is 714 g/mol. The zero-order chi connectivity index (χ0) is 36.1. The van der Waals surface area contributed by atoms with Crippen molar-refractivity contribution in [2.75, 3.05) is 30.5 Å². The van der Waals surface area contributed by atoms with Gasteiger partial charge in [0.1, 0.15) is 5.75 Å². The quantitative estimate of drug-likeness (QED) is 0.210. The van der Waals surface area contributed by atoms with E-state index in [1.54, 1.807) is 42.1 Å². The Morgan fingerprint density at radius 3 is 2.53 bits per heavy atom. The number of fused-ring (bicyclic) bond motifs is 3. The van der Waals surface area contributed by atoms with Gasteiger partial charge in [0.2, 0.25) is 20.2 Å². The molecule has 0 radical (unpaired) electrons. The minimum absolute atomic E-state index is 0.0638. The molecular formula is C39H47FN4O6Si. The summed E-state index contributed by atoms with van der Waals surface area (Å²) < 4.78 is 28.9. The predicted octanol–water partition coefficient (Wildman–Crippen LogP) is 5.04. The Labute approximate surface area is 299 Å². The van der Waals surface area contributed by atoms with Gasteiger partial charge in [0.15, 0.2) is 5.60 Å². The number of amides is 3. The number of nitrogens with zero attached hydrogens (tertiary/aromatic N) is 2. The van der Waals surface area contributed by atoms with Gasteiger partial charge >= 0.3 is 0 Å². The summed E-state index contributed by atoms with van der Waals surface area (Å²) >= 11 is 0. The molecule has 0 saturated carbocycles. The molecule has 3 aromatic rings.